The number of benzene rings is 2. The smallest absolute Gasteiger partial charge is 0.278 e. The second-order valence-corrected chi connectivity index (χ2v) is 4.94. The van der Waals surface area contributed by atoms with E-state index >= 15 is 0 Å². The molecule has 2 heterocycles. The number of para-hydroxylation sites is 1. The van der Waals surface area contributed by atoms with Crippen LogP contribution in [-0.2, 0) is 0 Å². The molecule has 0 spiro atoms. The lowest BCUT2D eigenvalue weighted by atomic mass is 10.1. The maximum Gasteiger partial charge on any atom is 0.278 e. The first kappa shape index (κ1) is 12.5. The highest BCUT2D eigenvalue weighted by molar-refractivity contribution is 5.99. The Morgan fingerprint density at radius 2 is 1.91 bits per heavy atom. The van der Waals surface area contributed by atoms with E-state index in [2.05, 4.69) is 4.98 Å². The number of nitro groups is 1. The monoisotopic (exact) mass is 290 g/mol. The number of hydrogen-bond donors (Lipinski definition) is 0. The molecule has 4 aromatic rings. The number of pyridine rings is 1. The average Bonchev–Trinajstić information content (AvgIpc) is 2.97. The van der Waals surface area contributed by atoms with Crippen molar-refractivity contribution < 1.29 is 9.34 Å². The molecule has 0 aliphatic carbocycles. The molecule has 0 saturated carbocycles. The quantitative estimate of drug-likeness (QED) is 0.401. The normalized spacial score (nSPS) is 11.1. The van der Waals surface area contributed by atoms with Crippen LogP contribution < -0.4 is 0 Å². The summed E-state index contributed by atoms with van der Waals surface area (Å²) in [6.45, 7) is 0. The van der Waals surface area contributed by atoms with Gasteiger partial charge in [-0.3, -0.25) is 15.1 Å². The van der Waals surface area contributed by atoms with Gasteiger partial charge in [0.1, 0.15) is 11.3 Å². The van der Waals surface area contributed by atoms with Crippen molar-refractivity contribution in [3.63, 3.8) is 0 Å². The Labute approximate surface area is 125 Å². The molecule has 0 aliphatic heterocycles. The maximum absolute atomic E-state index is 11.2. The van der Waals surface area contributed by atoms with Gasteiger partial charge in [0.2, 0.25) is 0 Å². The second kappa shape index (κ2) is 4.66. The van der Waals surface area contributed by atoms with Crippen LogP contribution in [0.2, 0.25) is 0 Å². The van der Waals surface area contributed by atoms with Gasteiger partial charge in [-0.1, -0.05) is 18.2 Å². The summed E-state index contributed by atoms with van der Waals surface area (Å²) >= 11 is 0. The number of fused-ring (bicyclic) bond motifs is 2. The number of non-ortho nitro benzene ring substituents is 1. The van der Waals surface area contributed by atoms with E-state index in [4.69, 9.17) is 4.42 Å². The molecule has 4 rings (SSSR count). The van der Waals surface area contributed by atoms with Crippen LogP contribution in [0.25, 0.3) is 33.2 Å². The van der Waals surface area contributed by atoms with Crippen LogP contribution in [0.3, 0.4) is 0 Å². The number of aromatic nitrogens is 1. The molecule has 0 aliphatic rings. The summed E-state index contributed by atoms with van der Waals surface area (Å²) < 4.78 is 5.85. The highest BCUT2D eigenvalue weighted by Gasteiger charge is 2.17. The van der Waals surface area contributed by atoms with E-state index in [0.717, 1.165) is 16.5 Å². The van der Waals surface area contributed by atoms with Gasteiger partial charge in [-0.25, -0.2) is 0 Å². The van der Waals surface area contributed by atoms with Crippen LogP contribution in [0, 0.1) is 10.1 Å². The Kier molecular flexibility index (Phi) is 2.66. The van der Waals surface area contributed by atoms with Crippen molar-refractivity contribution in [2.24, 2.45) is 0 Å². The largest absolute Gasteiger partial charge is 0.456 e. The SMILES string of the molecule is O=[N+]([O-])c1ccc(-c2cc3ccccc3o2)c2ncccc12. The molecule has 0 bridgehead atoms. The van der Waals surface area contributed by atoms with Crippen molar-refractivity contribution in [2.45, 2.75) is 0 Å². The summed E-state index contributed by atoms with van der Waals surface area (Å²) in [6, 6.07) is 16.2. The molecule has 0 N–H and O–H groups in total. The Morgan fingerprint density at radius 3 is 2.73 bits per heavy atom. The minimum absolute atomic E-state index is 0.0444. The second-order valence-electron chi connectivity index (χ2n) is 4.94. The third-order valence-corrected chi connectivity index (χ3v) is 3.63. The summed E-state index contributed by atoms with van der Waals surface area (Å²) in [7, 11) is 0. The van der Waals surface area contributed by atoms with Crippen LogP contribution >= 0.6 is 0 Å². The molecule has 0 fully saturated rings. The first-order valence-electron chi connectivity index (χ1n) is 6.75. The van der Waals surface area contributed by atoms with Gasteiger partial charge >= 0.3 is 0 Å². The molecule has 2 aromatic heterocycles. The van der Waals surface area contributed by atoms with Crippen LogP contribution in [0.1, 0.15) is 0 Å². The van der Waals surface area contributed by atoms with Gasteiger partial charge in [0.15, 0.2) is 0 Å². The Morgan fingerprint density at radius 1 is 1.05 bits per heavy atom. The van der Waals surface area contributed by atoms with Gasteiger partial charge in [0.05, 0.1) is 15.8 Å². The van der Waals surface area contributed by atoms with Crippen molar-refractivity contribution in [1.82, 2.24) is 4.98 Å². The zero-order valence-corrected chi connectivity index (χ0v) is 11.4. The Hall–Kier alpha value is -3.21. The molecule has 0 amide bonds. The number of rotatable bonds is 2. The molecule has 22 heavy (non-hydrogen) atoms. The van der Waals surface area contributed by atoms with E-state index in [1.807, 2.05) is 30.3 Å². The van der Waals surface area contributed by atoms with Gasteiger partial charge in [0.25, 0.3) is 5.69 Å². The van der Waals surface area contributed by atoms with Crippen LogP contribution in [0.4, 0.5) is 5.69 Å². The third kappa shape index (κ3) is 1.83. The lowest BCUT2D eigenvalue weighted by Crippen LogP contribution is -1.92. The zero-order chi connectivity index (χ0) is 15.1. The predicted octanol–water partition coefficient (Wildman–Crippen LogP) is 4.56. The van der Waals surface area contributed by atoms with Crippen molar-refractivity contribution >= 4 is 27.6 Å². The van der Waals surface area contributed by atoms with Gasteiger partial charge in [-0.05, 0) is 30.3 Å². The van der Waals surface area contributed by atoms with Gasteiger partial charge in [-0.2, -0.15) is 0 Å². The molecule has 0 unspecified atom stereocenters. The van der Waals surface area contributed by atoms with Crippen LogP contribution in [0.5, 0.6) is 0 Å². The highest BCUT2D eigenvalue weighted by atomic mass is 16.6. The summed E-state index contributed by atoms with van der Waals surface area (Å²) in [5.41, 5.74) is 2.14. The molecule has 0 saturated heterocycles. The van der Waals surface area contributed by atoms with E-state index in [-0.39, 0.29) is 5.69 Å². The molecule has 5 nitrogen and oxygen atoms in total. The van der Waals surface area contributed by atoms with Gasteiger partial charge < -0.3 is 4.42 Å². The highest BCUT2D eigenvalue weighted by Crippen LogP contribution is 2.35. The molecule has 0 atom stereocenters. The maximum atomic E-state index is 11.2. The molecule has 0 radical (unpaired) electrons. The lowest BCUT2D eigenvalue weighted by molar-refractivity contribution is -0.383. The Balaban J connectivity index is 2.03. The first-order valence-corrected chi connectivity index (χ1v) is 6.75. The lowest BCUT2D eigenvalue weighted by Gasteiger charge is -2.03. The van der Waals surface area contributed by atoms with E-state index < -0.39 is 4.92 Å². The number of hydrogen-bond acceptors (Lipinski definition) is 4. The minimum atomic E-state index is -0.396. The third-order valence-electron chi connectivity index (χ3n) is 3.63. The number of nitrogens with zero attached hydrogens (tertiary/aromatic N) is 2. The number of nitro benzene ring substituents is 1. The molecule has 2 aromatic carbocycles. The van der Waals surface area contributed by atoms with Crippen molar-refractivity contribution in [1.29, 1.82) is 0 Å². The summed E-state index contributed by atoms with van der Waals surface area (Å²) in [6.07, 6.45) is 1.62. The van der Waals surface area contributed by atoms with Crippen molar-refractivity contribution in [3.8, 4) is 11.3 Å². The summed E-state index contributed by atoms with van der Waals surface area (Å²) in [5.74, 6) is 0.653. The van der Waals surface area contributed by atoms with Gasteiger partial charge in [0, 0.05) is 23.2 Å². The van der Waals surface area contributed by atoms with E-state index in [9.17, 15) is 10.1 Å². The minimum Gasteiger partial charge on any atom is -0.456 e. The Bertz CT molecular complexity index is 988. The fraction of sp³-hybridized carbons (Fsp3) is 0. The van der Waals surface area contributed by atoms with Crippen LogP contribution in [0.15, 0.2) is 65.2 Å². The average molecular weight is 290 g/mol. The van der Waals surface area contributed by atoms with E-state index in [1.54, 1.807) is 24.4 Å². The summed E-state index contributed by atoms with van der Waals surface area (Å²) in [5, 5.41) is 12.6. The fourth-order valence-corrected chi connectivity index (χ4v) is 2.63. The van der Waals surface area contributed by atoms with Gasteiger partial charge in [-0.15, -0.1) is 0 Å². The van der Waals surface area contributed by atoms with E-state index in [0.29, 0.717) is 16.7 Å². The standard InChI is InChI=1S/C17H10N2O3/c20-19(21)14-8-7-13(17-12(14)5-3-9-18-17)16-10-11-4-1-2-6-15(11)22-16/h1-10H. The molecular weight excluding hydrogens is 280 g/mol. The van der Waals surface area contributed by atoms with Crippen molar-refractivity contribution in [3.05, 3.63) is 70.9 Å². The fourth-order valence-electron chi connectivity index (χ4n) is 2.63. The predicted molar refractivity (Wildman–Crippen MR) is 83.6 cm³/mol. The number of furan rings is 1. The molecular formula is C17H10N2O3. The topological polar surface area (TPSA) is 69.2 Å². The first-order chi connectivity index (χ1) is 10.7. The zero-order valence-electron chi connectivity index (χ0n) is 11.4. The van der Waals surface area contributed by atoms with E-state index in [1.165, 1.54) is 6.07 Å². The summed E-state index contributed by atoms with van der Waals surface area (Å²) in [4.78, 5) is 15.1. The molecule has 106 valence electrons. The van der Waals surface area contributed by atoms with Crippen LogP contribution in [-0.4, -0.2) is 9.91 Å². The van der Waals surface area contributed by atoms with Crippen molar-refractivity contribution in [2.75, 3.05) is 0 Å². The molecule has 5 heteroatoms.